The summed E-state index contributed by atoms with van der Waals surface area (Å²) >= 11 is 0. The Morgan fingerprint density at radius 2 is 2.35 bits per heavy atom. The van der Waals surface area contributed by atoms with Crippen LogP contribution in [0.15, 0.2) is 16.5 Å². The summed E-state index contributed by atoms with van der Waals surface area (Å²) in [5.74, 6) is 0.403. The number of nitrogens with zero attached hydrogens (tertiary/aromatic N) is 1. The van der Waals surface area contributed by atoms with Gasteiger partial charge >= 0.3 is 5.97 Å². The van der Waals surface area contributed by atoms with Gasteiger partial charge in [-0.15, -0.1) is 0 Å². The summed E-state index contributed by atoms with van der Waals surface area (Å²) in [7, 11) is 0. The fourth-order valence-corrected chi connectivity index (χ4v) is 2.58. The van der Waals surface area contributed by atoms with E-state index in [1.54, 1.807) is 6.07 Å². The molecule has 1 aromatic heterocycles. The maximum absolute atomic E-state index is 10.7. The molecular formula is C13H19NO3. The molecule has 4 nitrogen and oxygen atoms in total. The van der Waals surface area contributed by atoms with Crippen molar-refractivity contribution in [1.82, 2.24) is 4.90 Å². The van der Waals surface area contributed by atoms with Gasteiger partial charge < -0.3 is 9.52 Å². The van der Waals surface area contributed by atoms with E-state index < -0.39 is 5.97 Å². The van der Waals surface area contributed by atoms with Crippen LogP contribution in [0, 0.1) is 5.92 Å². The van der Waals surface area contributed by atoms with Crippen molar-refractivity contribution in [3.8, 4) is 0 Å². The van der Waals surface area contributed by atoms with Crippen molar-refractivity contribution in [2.24, 2.45) is 5.92 Å². The predicted octanol–water partition coefficient (Wildman–Crippen LogP) is 2.60. The summed E-state index contributed by atoms with van der Waals surface area (Å²) in [6.45, 7) is 6.25. The van der Waals surface area contributed by atoms with E-state index in [4.69, 9.17) is 9.52 Å². The first kappa shape index (κ1) is 12.2. The highest BCUT2D eigenvalue weighted by Crippen LogP contribution is 2.25. The van der Waals surface area contributed by atoms with Crippen molar-refractivity contribution >= 4 is 5.97 Å². The molecule has 2 heterocycles. The minimum Gasteiger partial charge on any atom is -0.475 e. The first-order valence-corrected chi connectivity index (χ1v) is 6.14. The van der Waals surface area contributed by atoms with Gasteiger partial charge in [0.05, 0.1) is 6.54 Å². The summed E-state index contributed by atoms with van der Waals surface area (Å²) < 4.78 is 5.29. The molecule has 0 amide bonds. The van der Waals surface area contributed by atoms with Crippen LogP contribution in [0.2, 0.25) is 0 Å². The van der Waals surface area contributed by atoms with Gasteiger partial charge in [0, 0.05) is 6.04 Å². The number of aromatic carboxylic acids is 1. The quantitative estimate of drug-likeness (QED) is 0.874. The lowest BCUT2D eigenvalue weighted by Crippen LogP contribution is -2.32. The second-order valence-corrected chi connectivity index (χ2v) is 5.00. The standard InChI is InChI=1S/C13H19NO3/c1-9(2)11-4-3-7-14(11)8-10-5-6-12(17-10)13(15)16/h5-6,9,11H,3-4,7-8H2,1-2H3,(H,15,16). The molecule has 1 fully saturated rings. The van der Waals surface area contributed by atoms with Gasteiger partial charge in [0.2, 0.25) is 5.76 Å². The zero-order valence-corrected chi connectivity index (χ0v) is 10.3. The molecule has 1 unspecified atom stereocenters. The molecule has 1 saturated heterocycles. The van der Waals surface area contributed by atoms with Gasteiger partial charge in [-0.25, -0.2) is 4.79 Å². The van der Waals surface area contributed by atoms with E-state index >= 15 is 0 Å². The zero-order chi connectivity index (χ0) is 12.4. The molecule has 1 N–H and O–H groups in total. The first-order valence-electron chi connectivity index (χ1n) is 6.14. The van der Waals surface area contributed by atoms with Gasteiger partial charge in [0.1, 0.15) is 5.76 Å². The molecular weight excluding hydrogens is 218 g/mol. The second kappa shape index (κ2) is 4.92. The Kier molecular flexibility index (Phi) is 3.52. The number of rotatable bonds is 4. The van der Waals surface area contributed by atoms with Crippen LogP contribution in [0.4, 0.5) is 0 Å². The fraction of sp³-hybridized carbons (Fsp3) is 0.615. The maximum atomic E-state index is 10.7. The number of carboxylic acids is 1. The van der Waals surface area contributed by atoms with Crippen molar-refractivity contribution in [2.45, 2.75) is 39.3 Å². The summed E-state index contributed by atoms with van der Waals surface area (Å²) in [4.78, 5) is 13.1. The van der Waals surface area contributed by atoms with E-state index in [-0.39, 0.29) is 5.76 Å². The largest absolute Gasteiger partial charge is 0.475 e. The Labute approximate surface area is 101 Å². The van der Waals surface area contributed by atoms with Gasteiger partial charge in [0.15, 0.2) is 0 Å². The average Bonchev–Trinajstić information content (AvgIpc) is 2.86. The first-order chi connectivity index (χ1) is 8.08. The molecule has 0 radical (unpaired) electrons. The van der Waals surface area contributed by atoms with Crippen LogP contribution in [-0.4, -0.2) is 28.6 Å². The van der Waals surface area contributed by atoms with Crippen LogP contribution in [0.1, 0.15) is 43.0 Å². The molecule has 0 spiro atoms. The maximum Gasteiger partial charge on any atom is 0.371 e. The highest BCUT2D eigenvalue weighted by molar-refractivity contribution is 5.84. The zero-order valence-electron chi connectivity index (χ0n) is 10.3. The number of carbonyl (C=O) groups is 1. The van der Waals surface area contributed by atoms with Crippen LogP contribution in [0.5, 0.6) is 0 Å². The van der Waals surface area contributed by atoms with E-state index in [1.165, 1.54) is 18.9 Å². The number of hydrogen-bond acceptors (Lipinski definition) is 3. The lowest BCUT2D eigenvalue weighted by Gasteiger charge is -2.26. The number of hydrogen-bond donors (Lipinski definition) is 1. The topological polar surface area (TPSA) is 53.7 Å². The van der Waals surface area contributed by atoms with Gasteiger partial charge in [-0.05, 0) is 37.4 Å². The molecule has 0 saturated carbocycles. The molecule has 1 atom stereocenters. The van der Waals surface area contributed by atoms with Crippen LogP contribution in [-0.2, 0) is 6.54 Å². The monoisotopic (exact) mass is 237 g/mol. The Morgan fingerprint density at radius 1 is 1.59 bits per heavy atom. The molecule has 94 valence electrons. The molecule has 4 heteroatoms. The van der Waals surface area contributed by atoms with Crippen molar-refractivity contribution in [1.29, 1.82) is 0 Å². The van der Waals surface area contributed by atoms with Gasteiger partial charge in [-0.3, -0.25) is 4.90 Å². The van der Waals surface area contributed by atoms with E-state index in [2.05, 4.69) is 18.7 Å². The summed E-state index contributed by atoms with van der Waals surface area (Å²) in [6, 6.07) is 3.88. The van der Waals surface area contributed by atoms with Gasteiger partial charge in [-0.1, -0.05) is 13.8 Å². The number of carboxylic acid groups (broad SMARTS) is 1. The van der Waals surface area contributed by atoms with Crippen LogP contribution in [0.3, 0.4) is 0 Å². The third-order valence-electron chi connectivity index (χ3n) is 3.42. The second-order valence-electron chi connectivity index (χ2n) is 5.00. The lowest BCUT2D eigenvalue weighted by molar-refractivity contribution is 0.0657. The van der Waals surface area contributed by atoms with Crippen LogP contribution < -0.4 is 0 Å². The highest BCUT2D eigenvalue weighted by atomic mass is 16.4. The predicted molar refractivity (Wildman–Crippen MR) is 63.9 cm³/mol. The van der Waals surface area contributed by atoms with Crippen molar-refractivity contribution in [3.63, 3.8) is 0 Å². The summed E-state index contributed by atoms with van der Waals surface area (Å²) in [5, 5.41) is 8.79. The van der Waals surface area contributed by atoms with Gasteiger partial charge in [0.25, 0.3) is 0 Å². The lowest BCUT2D eigenvalue weighted by atomic mass is 10.0. The van der Waals surface area contributed by atoms with E-state index in [1.807, 2.05) is 0 Å². The van der Waals surface area contributed by atoms with E-state index in [9.17, 15) is 4.79 Å². The SMILES string of the molecule is CC(C)C1CCCN1Cc1ccc(C(=O)O)o1. The third kappa shape index (κ3) is 2.69. The van der Waals surface area contributed by atoms with Crippen molar-refractivity contribution in [2.75, 3.05) is 6.54 Å². The Bertz CT molecular complexity index is 397. The molecule has 17 heavy (non-hydrogen) atoms. The van der Waals surface area contributed by atoms with E-state index in [0.29, 0.717) is 12.0 Å². The Morgan fingerprint density at radius 3 is 2.94 bits per heavy atom. The minimum absolute atomic E-state index is 0.0280. The smallest absolute Gasteiger partial charge is 0.371 e. The van der Waals surface area contributed by atoms with Gasteiger partial charge in [-0.2, -0.15) is 0 Å². The number of likely N-dealkylation sites (tertiary alicyclic amines) is 1. The summed E-state index contributed by atoms with van der Waals surface area (Å²) in [5.41, 5.74) is 0. The molecule has 1 aromatic rings. The average molecular weight is 237 g/mol. The highest BCUT2D eigenvalue weighted by Gasteiger charge is 2.27. The number of furan rings is 1. The van der Waals surface area contributed by atoms with Crippen LogP contribution in [0.25, 0.3) is 0 Å². The fourth-order valence-electron chi connectivity index (χ4n) is 2.58. The molecule has 2 rings (SSSR count). The molecule has 0 bridgehead atoms. The molecule has 0 aliphatic carbocycles. The molecule has 0 aromatic carbocycles. The third-order valence-corrected chi connectivity index (χ3v) is 3.42. The Hall–Kier alpha value is -1.29. The van der Waals surface area contributed by atoms with Crippen molar-refractivity contribution < 1.29 is 14.3 Å². The van der Waals surface area contributed by atoms with E-state index in [0.717, 1.165) is 18.8 Å². The van der Waals surface area contributed by atoms with Crippen molar-refractivity contribution in [3.05, 3.63) is 23.7 Å². The molecule has 1 aliphatic rings. The molecule has 1 aliphatic heterocycles. The normalized spacial score (nSPS) is 21.2. The summed E-state index contributed by atoms with van der Waals surface area (Å²) in [6.07, 6.45) is 2.44. The Balaban J connectivity index is 2.02. The minimum atomic E-state index is -1.00. The van der Waals surface area contributed by atoms with Crippen LogP contribution >= 0.6 is 0 Å².